The summed E-state index contributed by atoms with van der Waals surface area (Å²) in [6.07, 6.45) is 0.977. The first-order valence-corrected chi connectivity index (χ1v) is 7.61. The molecule has 1 heterocycles. The van der Waals surface area contributed by atoms with E-state index < -0.39 is 0 Å². The second-order valence-electron chi connectivity index (χ2n) is 5.11. The van der Waals surface area contributed by atoms with Crippen molar-refractivity contribution in [3.8, 4) is 0 Å². The number of aromatic nitrogens is 2. The lowest BCUT2D eigenvalue weighted by molar-refractivity contribution is 0.133. The second kappa shape index (κ2) is 7.96. The van der Waals surface area contributed by atoms with Crippen molar-refractivity contribution in [1.29, 1.82) is 0 Å². The Balaban J connectivity index is 1.92. The lowest BCUT2D eigenvalue weighted by Gasteiger charge is -2.10. The van der Waals surface area contributed by atoms with Gasteiger partial charge in [0.15, 0.2) is 0 Å². The summed E-state index contributed by atoms with van der Waals surface area (Å²) in [6.45, 7) is 7.25. The lowest BCUT2D eigenvalue weighted by atomic mass is 10.1. The molecule has 2 rings (SSSR count). The van der Waals surface area contributed by atoms with E-state index in [1.807, 2.05) is 18.7 Å². The first-order chi connectivity index (χ1) is 10.2. The molecule has 2 aromatic rings. The molecule has 0 bridgehead atoms. The summed E-state index contributed by atoms with van der Waals surface area (Å²) in [7, 11) is 2.00. The van der Waals surface area contributed by atoms with E-state index in [1.165, 1.54) is 16.8 Å². The van der Waals surface area contributed by atoms with Crippen LogP contribution in [0.1, 0.15) is 36.4 Å². The van der Waals surface area contributed by atoms with Crippen LogP contribution in [0.15, 0.2) is 30.3 Å². The highest BCUT2D eigenvalue weighted by Crippen LogP contribution is 2.11. The van der Waals surface area contributed by atoms with Gasteiger partial charge in [0.05, 0.1) is 18.0 Å². The Bertz CT molecular complexity index is 563. The molecule has 0 amide bonds. The molecule has 0 saturated heterocycles. The molecule has 0 saturated carbocycles. The molecule has 0 atom stereocenters. The van der Waals surface area contributed by atoms with E-state index in [9.17, 15) is 0 Å². The van der Waals surface area contributed by atoms with Crippen molar-refractivity contribution in [3.05, 3.63) is 52.8 Å². The molecule has 4 nitrogen and oxygen atoms in total. The Hall–Kier alpha value is -1.65. The highest BCUT2D eigenvalue weighted by atomic mass is 16.5. The molecule has 0 radical (unpaired) electrons. The van der Waals surface area contributed by atoms with Crippen molar-refractivity contribution in [2.24, 2.45) is 7.05 Å². The van der Waals surface area contributed by atoms with Gasteiger partial charge in [0.25, 0.3) is 0 Å². The van der Waals surface area contributed by atoms with Crippen molar-refractivity contribution in [3.63, 3.8) is 0 Å². The summed E-state index contributed by atoms with van der Waals surface area (Å²) in [5.41, 5.74) is 4.91. The van der Waals surface area contributed by atoms with Crippen LogP contribution in [0.4, 0.5) is 0 Å². The predicted octanol–water partition coefficient (Wildman–Crippen LogP) is 2.81. The minimum Gasteiger partial charge on any atom is -0.377 e. The van der Waals surface area contributed by atoms with Crippen LogP contribution < -0.4 is 5.32 Å². The molecule has 21 heavy (non-hydrogen) atoms. The molecule has 114 valence electrons. The fraction of sp³-hybridized carbons (Fsp3) is 0.471. The number of benzene rings is 1. The molecule has 1 aromatic carbocycles. The van der Waals surface area contributed by atoms with Gasteiger partial charge < -0.3 is 10.1 Å². The van der Waals surface area contributed by atoms with Crippen LogP contribution in [0.3, 0.4) is 0 Å². The lowest BCUT2D eigenvalue weighted by Crippen LogP contribution is -2.16. The van der Waals surface area contributed by atoms with Crippen molar-refractivity contribution < 1.29 is 4.74 Å². The number of hydrogen-bond donors (Lipinski definition) is 1. The molecule has 0 aliphatic carbocycles. The van der Waals surface area contributed by atoms with Gasteiger partial charge in [-0.15, -0.1) is 0 Å². The first kappa shape index (κ1) is 15.7. The number of ether oxygens (including phenoxy) is 1. The zero-order valence-corrected chi connectivity index (χ0v) is 13.2. The number of rotatable bonds is 8. The third-order valence-corrected chi connectivity index (χ3v) is 3.59. The minimum atomic E-state index is 0.681. The van der Waals surface area contributed by atoms with Gasteiger partial charge in [-0.3, -0.25) is 4.68 Å². The maximum absolute atomic E-state index is 5.52. The van der Waals surface area contributed by atoms with Crippen LogP contribution in [-0.4, -0.2) is 16.4 Å². The molecular formula is C17H25N3O. The van der Waals surface area contributed by atoms with Gasteiger partial charge in [0, 0.05) is 26.7 Å². The van der Waals surface area contributed by atoms with Crippen LogP contribution in [0.25, 0.3) is 0 Å². The van der Waals surface area contributed by atoms with Gasteiger partial charge in [0.1, 0.15) is 0 Å². The van der Waals surface area contributed by atoms with Crippen LogP contribution >= 0.6 is 0 Å². The maximum atomic E-state index is 5.52. The average molecular weight is 287 g/mol. The fourth-order valence-corrected chi connectivity index (χ4v) is 2.32. The smallest absolute Gasteiger partial charge is 0.0719 e. The average Bonchev–Trinajstić information content (AvgIpc) is 2.87. The largest absolute Gasteiger partial charge is 0.377 e. The fourth-order valence-electron chi connectivity index (χ4n) is 2.32. The van der Waals surface area contributed by atoms with E-state index in [0.29, 0.717) is 6.61 Å². The van der Waals surface area contributed by atoms with Gasteiger partial charge in [-0.1, -0.05) is 31.2 Å². The van der Waals surface area contributed by atoms with Crippen molar-refractivity contribution in [2.75, 3.05) is 6.61 Å². The second-order valence-corrected chi connectivity index (χ2v) is 5.11. The standard InChI is InChI=1S/C17H25N3O/c1-4-16-10-17(20(3)19-16)12-18-11-14-8-6-7-9-15(14)13-21-5-2/h6-10,18H,4-5,11-13H2,1-3H3. The van der Waals surface area contributed by atoms with E-state index in [1.54, 1.807) is 0 Å². The molecule has 0 aliphatic rings. The highest BCUT2D eigenvalue weighted by molar-refractivity contribution is 5.26. The molecule has 4 heteroatoms. The highest BCUT2D eigenvalue weighted by Gasteiger charge is 2.05. The quantitative estimate of drug-likeness (QED) is 0.811. The van der Waals surface area contributed by atoms with Gasteiger partial charge in [-0.2, -0.15) is 5.10 Å². The maximum Gasteiger partial charge on any atom is 0.0719 e. The number of nitrogens with zero attached hydrogens (tertiary/aromatic N) is 2. The summed E-state index contributed by atoms with van der Waals surface area (Å²) >= 11 is 0. The van der Waals surface area contributed by atoms with E-state index >= 15 is 0 Å². The van der Waals surface area contributed by atoms with Crippen molar-refractivity contribution in [2.45, 2.75) is 40.0 Å². The summed E-state index contributed by atoms with van der Waals surface area (Å²) in [4.78, 5) is 0. The monoisotopic (exact) mass is 287 g/mol. The van der Waals surface area contributed by atoms with Gasteiger partial charge in [-0.05, 0) is 30.5 Å². The van der Waals surface area contributed by atoms with Crippen LogP contribution in [0.5, 0.6) is 0 Å². The Kier molecular flexibility index (Phi) is 5.96. The van der Waals surface area contributed by atoms with Crippen LogP contribution in [0, 0.1) is 0 Å². The SMILES string of the molecule is CCOCc1ccccc1CNCc1cc(CC)nn1C. The summed E-state index contributed by atoms with van der Waals surface area (Å²) in [6, 6.07) is 10.6. The van der Waals surface area contributed by atoms with Crippen LogP contribution in [-0.2, 0) is 37.9 Å². The van der Waals surface area contributed by atoms with Gasteiger partial charge in [-0.25, -0.2) is 0 Å². The Morgan fingerprint density at radius 1 is 1.14 bits per heavy atom. The Labute approximate surface area is 127 Å². The molecule has 0 spiro atoms. The normalized spacial score (nSPS) is 11.0. The topological polar surface area (TPSA) is 39.1 Å². The molecular weight excluding hydrogens is 262 g/mol. The minimum absolute atomic E-state index is 0.681. The zero-order chi connectivity index (χ0) is 15.1. The van der Waals surface area contributed by atoms with Gasteiger partial charge in [0.2, 0.25) is 0 Å². The number of hydrogen-bond acceptors (Lipinski definition) is 3. The van der Waals surface area contributed by atoms with E-state index in [2.05, 4.69) is 47.7 Å². The van der Waals surface area contributed by atoms with Gasteiger partial charge >= 0.3 is 0 Å². The van der Waals surface area contributed by atoms with Crippen molar-refractivity contribution >= 4 is 0 Å². The predicted molar refractivity (Wildman–Crippen MR) is 84.9 cm³/mol. The molecule has 0 unspecified atom stereocenters. The third kappa shape index (κ3) is 4.41. The van der Waals surface area contributed by atoms with E-state index in [4.69, 9.17) is 4.74 Å². The van der Waals surface area contributed by atoms with Crippen LogP contribution in [0.2, 0.25) is 0 Å². The number of nitrogens with one attached hydrogen (secondary N) is 1. The van der Waals surface area contributed by atoms with E-state index in [0.717, 1.165) is 31.8 Å². The summed E-state index contributed by atoms with van der Waals surface area (Å²) in [5.74, 6) is 0. The Morgan fingerprint density at radius 2 is 1.90 bits per heavy atom. The number of aryl methyl sites for hydroxylation is 2. The third-order valence-electron chi connectivity index (χ3n) is 3.59. The summed E-state index contributed by atoms with van der Waals surface area (Å²) in [5, 5.41) is 7.97. The molecule has 0 aliphatic heterocycles. The molecule has 1 aromatic heterocycles. The summed E-state index contributed by atoms with van der Waals surface area (Å²) < 4.78 is 7.48. The first-order valence-electron chi connectivity index (χ1n) is 7.61. The molecule has 1 N–H and O–H groups in total. The zero-order valence-electron chi connectivity index (χ0n) is 13.2. The Morgan fingerprint density at radius 3 is 2.57 bits per heavy atom. The van der Waals surface area contributed by atoms with Crippen molar-refractivity contribution in [1.82, 2.24) is 15.1 Å². The van der Waals surface area contributed by atoms with E-state index in [-0.39, 0.29) is 0 Å². The molecule has 0 fully saturated rings.